The van der Waals surface area contributed by atoms with Gasteiger partial charge in [0.2, 0.25) is 0 Å². The van der Waals surface area contributed by atoms with Crippen LogP contribution in [-0.4, -0.2) is 11.7 Å². The van der Waals surface area contributed by atoms with E-state index in [0.717, 1.165) is 0 Å². The summed E-state index contributed by atoms with van der Waals surface area (Å²) in [7, 11) is 0. The van der Waals surface area contributed by atoms with E-state index in [4.69, 9.17) is 9.05 Å². The molecular formula is C7H16O3PS-. The average Bonchev–Trinajstić information content (AvgIpc) is 1.48. The van der Waals surface area contributed by atoms with Gasteiger partial charge in [0, 0.05) is 0 Å². The minimum Gasteiger partial charge on any atom is -0.780 e. The molecule has 3 nitrogen and oxygen atoms in total. The first-order valence-electron chi connectivity index (χ1n) is 3.82. The Bertz CT molecular complexity index is 186. The van der Waals surface area contributed by atoms with Crippen molar-refractivity contribution in [3.63, 3.8) is 0 Å². The summed E-state index contributed by atoms with van der Waals surface area (Å²) < 4.78 is 10.0. The van der Waals surface area contributed by atoms with Gasteiger partial charge in [-0.15, -0.1) is 0 Å². The molecule has 1 unspecified atom stereocenters. The summed E-state index contributed by atoms with van der Waals surface area (Å²) >= 11 is 4.68. The van der Waals surface area contributed by atoms with Gasteiger partial charge < -0.3 is 13.9 Å². The first-order chi connectivity index (χ1) is 5.12. The van der Waals surface area contributed by atoms with Crippen LogP contribution in [0.1, 0.15) is 34.6 Å². The Kier molecular flexibility index (Phi) is 4.34. The maximum Gasteiger partial charge on any atom is 0.116 e. The van der Waals surface area contributed by atoms with Crippen molar-refractivity contribution in [1.82, 2.24) is 0 Å². The fourth-order valence-electron chi connectivity index (χ4n) is 0.615. The number of hydrogen-bond acceptors (Lipinski definition) is 4. The van der Waals surface area contributed by atoms with Crippen LogP contribution in [0.5, 0.6) is 0 Å². The second-order valence-electron chi connectivity index (χ2n) is 3.81. The van der Waals surface area contributed by atoms with Crippen LogP contribution >= 0.6 is 6.72 Å². The Morgan fingerprint density at radius 1 is 1.33 bits per heavy atom. The summed E-state index contributed by atoms with van der Waals surface area (Å²) in [5.74, 6) is 0. The summed E-state index contributed by atoms with van der Waals surface area (Å²) in [5.41, 5.74) is -0.522. The molecule has 5 heteroatoms. The van der Waals surface area contributed by atoms with Gasteiger partial charge in [0.15, 0.2) is 0 Å². The molecule has 0 aliphatic rings. The molecule has 0 saturated carbocycles. The van der Waals surface area contributed by atoms with Crippen LogP contribution in [-0.2, 0) is 20.9 Å². The Balaban J connectivity index is 4.15. The highest BCUT2D eigenvalue weighted by molar-refractivity contribution is 8.06. The number of rotatable bonds is 3. The topological polar surface area (TPSA) is 41.5 Å². The molecule has 0 N–H and O–H groups in total. The van der Waals surface area contributed by atoms with Crippen LogP contribution in [0.25, 0.3) is 0 Å². The molecular weight excluding hydrogens is 195 g/mol. The largest absolute Gasteiger partial charge is 0.780 e. The second-order valence-corrected chi connectivity index (χ2v) is 6.43. The molecule has 0 fully saturated rings. The molecule has 0 spiro atoms. The van der Waals surface area contributed by atoms with Crippen molar-refractivity contribution in [2.75, 3.05) is 0 Å². The van der Waals surface area contributed by atoms with E-state index in [1.807, 2.05) is 0 Å². The molecule has 0 aromatic carbocycles. The van der Waals surface area contributed by atoms with E-state index in [9.17, 15) is 4.89 Å². The highest BCUT2D eigenvalue weighted by atomic mass is 32.5. The Morgan fingerprint density at radius 3 is 2.00 bits per heavy atom. The Labute approximate surface area is 79.3 Å². The minimum absolute atomic E-state index is 0.171. The van der Waals surface area contributed by atoms with E-state index in [-0.39, 0.29) is 6.10 Å². The third kappa shape index (κ3) is 7.19. The lowest BCUT2D eigenvalue weighted by atomic mass is 10.2. The third-order valence-electron chi connectivity index (χ3n) is 0.726. The SMILES string of the molecule is CC(C)OP([O-])(=S)OC(C)(C)C. The van der Waals surface area contributed by atoms with Gasteiger partial charge in [-0.05, 0) is 34.6 Å². The van der Waals surface area contributed by atoms with E-state index in [1.165, 1.54) is 0 Å². The van der Waals surface area contributed by atoms with Crippen molar-refractivity contribution < 1.29 is 13.9 Å². The zero-order valence-electron chi connectivity index (χ0n) is 8.16. The molecule has 0 bridgehead atoms. The standard InChI is InChI=1S/C7H17O3PS/c1-6(2)9-11(8,12)10-7(3,4)5/h6H,1-5H3,(H,8,12)/p-1. The molecule has 0 radical (unpaired) electrons. The van der Waals surface area contributed by atoms with E-state index < -0.39 is 12.3 Å². The molecule has 0 aliphatic heterocycles. The highest BCUT2D eigenvalue weighted by Gasteiger charge is 2.17. The van der Waals surface area contributed by atoms with E-state index >= 15 is 0 Å². The molecule has 0 rings (SSSR count). The lowest BCUT2D eigenvalue weighted by molar-refractivity contribution is -0.217. The van der Waals surface area contributed by atoms with Crippen molar-refractivity contribution in [3.8, 4) is 0 Å². The predicted molar refractivity (Wildman–Crippen MR) is 51.3 cm³/mol. The van der Waals surface area contributed by atoms with Gasteiger partial charge in [-0.1, -0.05) is 11.8 Å². The fourth-order valence-corrected chi connectivity index (χ4v) is 3.03. The lowest BCUT2D eigenvalue weighted by Crippen LogP contribution is -2.23. The first kappa shape index (κ1) is 12.5. The maximum absolute atomic E-state index is 11.4. The van der Waals surface area contributed by atoms with Crippen molar-refractivity contribution in [2.24, 2.45) is 0 Å². The van der Waals surface area contributed by atoms with Crippen molar-refractivity contribution in [1.29, 1.82) is 0 Å². The fraction of sp³-hybridized carbons (Fsp3) is 1.00. The number of hydrogen-bond donors (Lipinski definition) is 0. The Morgan fingerprint density at radius 2 is 1.75 bits per heavy atom. The molecule has 1 atom stereocenters. The summed E-state index contributed by atoms with van der Waals surface area (Å²) in [6, 6.07) is 0. The van der Waals surface area contributed by atoms with Gasteiger partial charge in [0.25, 0.3) is 0 Å². The van der Waals surface area contributed by atoms with Crippen LogP contribution in [0, 0.1) is 0 Å². The summed E-state index contributed by atoms with van der Waals surface area (Å²) in [6.45, 7) is 5.61. The van der Waals surface area contributed by atoms with E-state index in [1.54, 1.807) is 34.6 Å². The van der Waals surface area contributed by atoms with E-state index in [0.29, 0.717) is 0 Å². The molecule has 0 aliphatic carbocycles. The van der Waals surface area contributed by atoms with Gasteiger partial charge >= 0.3 is 0 Å². The van der Waals surface area contributed by atoms with Crippen LogP contribution in [0.4, 0.5) is 0 Å². The van der Waals surface area contributed by atoms with Crippen molar-refractivity contribution >= 4 is 18.5 Å². The van der Waals surface area contributed by atoms with Gasteiger partial charge in [0.1, 0.15) is 6.72 Å². The summed E-state index contributed by atoms with van der Waals surface area (Å²) in [5, 5.41) is 0. The first-order valence-corrected chi connectivity index (χ1v) is 6.38. The van der Waals surface area contributed by atoms with Crippen LogP contribution in [0.15, 0.2) is 0 Å². The van der Waals surface area contributed by atoms with Gasteiger partial charge in [0.05, 0.1) is 11.7 Å². The minimum atomic E-state index is -3.29. The van der Waals surface area contributed by atoms with Gasteiger partial charge in [-0.3, -0.25) is 0 Å². The smallest absolute Gasteiger partial charge is 0.116 e. The third-order valence-corrected chi connectivity index (χ3v) is 2.66. The predicted octanol–water partition coefficient (Wildman–Crippen LogP) is 1.81. The summed E-state index contributed by atoms with van der Waals surface area (Å²) in [4.78, 5) is 11.4. The molecule has 0 aromatic heterocycles. The molecule has 74 valence electrons. The quantitative estimate of drug-likeness (QED) is 0.668. The van der Waals surface area contributed by atoms with Crippen LogP contribution < -0.4 is 4.89 Å². The monoisotopic (exact) mass is 211 g/mol. The molecule has 0 aromatic rings. The van der Waals surface area contributed by atoms with Gasteiger partial charge in [-0.2, -0.15) is 0 Å². The average molecular weight is 211 g/mol. The van der Waals surface area contributed by atoms with Gasteiger partial charge in [-0.25, -0.2) is 0 Å². The highest BCUT2D eigenvalue weighted by Crippen LogP contribution is 2.44. The van der Waals surface area contributed by atoms with Crippen LogP contribution in [0.2, 0.25) is 0 Å². The molecule has 0 amide bonds. The molecule has 0 saturated heterocycles. The lowest BCUT2D eigenvalue weighted by Gasteiger charge is -2.35. The molecule has 12 heavy (non-hydrogen) atoms. The zero-order chi connectivity index (χ0) is 9.99. The van der Waals surface area contributed by atoms with Crippen LogP contribution in [0.3, 0.4) is 0 Å². The zero-order valence-corrected chi connectivity index (χ0v) is 9.87. The Hall–Kier alpha value is 0.530. The summed E-state index contributed by atoms with van der Waals surface area (Å²) in [6.07, 6.45) is -0.171. The normalized spacial score (nSPS) is 17.9. The van der Waals surface area contributed by atoms with Crippen molar-refractivity contribution in [2.45, 2.75) is 46.3 Å². The second kappa shape index (κ2) is 4.16. The maximum atomic E-state index is 11.4. The molecule has 0 heterocycles. The van der Waals surface area contributed by atoms with Crippen molar-refractivity contribution in [3.05, 3.63) is 0 Å². The van der Waals surface area contributed by atoms with E-state index in [2.05, 4.69) is 11.8 Å².